The Morgan fingerprint density at radius 2 is 1.74 bits per heavy atom. The van der Waals surface area contributed by atoms with Crippen LogP contribution in [0.25, 0.3) is 0 Å². The molecule has 6 heteroatoms. The third kappa shape index (κ3) is 5.96. The maximum absolute atomic E-state index is 12.9. The second-order valence-electron chi connectivity index (χ2n) is 9.03. The van der Waals surface area contributed by atoms with Crippen molar-refractivity contribution < 1.29 is 4.79 Å². The Balaban J connectivity index is 1.37. The summed E-state index contributed by atoms with van der Waals surface area (Å²) >= 11 is 0. The number of amides is 1. The smallest absolute Gasteiger partial charge is 0.269 e. The summed E-state index contributed by atoms with van der Waals surface area (Å²) in [6, 6.07) is 11.9. The summed E-state index contributed by atoms with van der Waals surface area (Å²) < 4.78 is 1.49. The van der Waals surface area contributed by atoms with Crippen molar-refractivity contribution in [2.24, 2.45) is 5.92 Å². The van der Waals surface area contributed by atoms with Gasteiger partial charge < -0.3 is 10.2 Å². The summed E-state index contributed by atoms with van der Waals surface area (Å²) in [5.41, 5.74) is 1.76. The number of piperidine rings is 1. The van der Waals surface area contributed by atoms with Crippen LogP contribution in [-0.2, 0) is 11.3 Å². The van der Waals surface area contributed by atoms with Gasteiger partial charge >= 0.3 is 0 Å². The van der Waals surface area contributed by atoms with Gasteiger partial charge in [-0.2, -0.15) is 5.10 Å². The van der Waals surface area contributed by atoms with Gasteiger partial charge in [-0.25, -0.2) is 4.68 Å². The number of hydrogen-bond donors (Lipinski definition) is 1. The van der Waals surface area contributed by atoms with Crippen LogP contribution >= 0.6 is 0 Å². The van der Waals surface area contributed by atoms with E-state index in [9.17, 15) is 9.59 Å². The average molecular weight is 423 g/mol. The minimum atomic E-state index is -0.109. The maximum Gasteiger partial charge on any atom is 0.269 e. The zero-order chi connectivity index (χ0) is 21.5. The lowest BCUT2D eigenvalue weighted by Crippen LogP contribution is -2.46. The summed E-state index contributed by atoms with van der Waals surface area (Å²) in [4.78, 5) is 27.7. The predicted octanol–water partition coefficient (Wildman–Crippen LogP) is 3.74. The van der Waals surface area contributed by atoms with Crippen molar-refractivity contribution in [3.05, 3.63) is 58.5 Å². The third-order valence-electron chi connectivity index (χ3n) is 6.64. The van der Waals surface area contributed by atoms with Gasteiger partial charge in [-0.1, -0.05) is 62.4 Å². The topological polar surface area (TPSA) is 67.2 Å². The van der Waals surface area contributed by atoms with Crippen molar-refractivity contribution in [3.63, 3.8) is 0 Å². The highest BCUT2D eigenvalue weighted by Gasteiger charge is 2.28. The first-order valence-electron chi connectivity index (χ1n) is 11.9. The maximum atomic E-state index is 12.9. The van der Waals surface area contributed by atoms with Gasteiger partial charge in [0.25, 0.3) is 5.56 Å². The first kappa shape index (κ1) is 21.6. The largest absolute Gasteiger partial charge is 0.369 e. The molecule has 1 aromatic heterocycles. The van der Waals surface area contributed by atoms with E-state index in [1.165, 1.54) is 36.8 Å². The van der Waals surface area contributed by atoms with Crippen molar-refractivity contribution in [2.75, 3.05) is 18.0 Å². The molecule has 31 heavy (non-hydrogen) atoms. The monoisotopic (exact) mass is 422 g/mol. The van der Waals surface area contributed by atoms with Crippen LogP contribution in [0, 0.1) is 5.92 Å². The van der Waals surface area contributed by atoms with E-state index >= 15 is 0 Å². The lowest BCUT2D eigenvalue weighted by Gasteiger charge is -2.34. The number of anilines is 1. The molecule has 4 rings (SSSR count). The second-order valence-corrected chi connectivity index (χ2v) is 9.03. The van der Waals surface area contributed by atoms with E-state index in [0.29, 0.717) is 19.1 Å². The number of carbonyl (C=O) groups excluding carboxylic acids is 1. The number of hydrogen-bond acceptors (Lipinski definition) is 4. The Labute approximate surface area is 184 Å². The summed E-state index contributed by atoms with van der Waals surface area (Å²) in [6.45, 7) is 1.98. The Bertz CT molecular complexity index is 903. The summed E-state index contributed by atoms with van der Waals surface area (Å²) in [7, 11) is 0. The first-order valence-corrected chi connectivity index (χ1v) is 11.9. The highest BCUT2D eigenvalue weighted by Crippen LogP contribution is 2.23. The van der Waals surface area contributed by atoms with Crippen LogP contribution in [0.4, 0.5) is 5.69 Å². The molecule has 1 aliphatic carbocycles. The minimum absolute atomic E-state index is 0.0223. The lowest BCUT2D eigenvalue weighted by atomic mass is 9.93. The SMILES string of the molecule is O=C(NC1CCCCCCC1)[C@H]1CCCN(c2cnn(Cc3ccccc3)c(=O)c2)C1. The number of nitrogens with one attached hydrogen (secondary N) is 1. The van der Waals surface area contributed by atoms with Crippen LogP contribution < -0.4 is 15.8 Å². The zero-order valence-electron chi connectivity index (χ0n) is 18.3. The molecule has 1 amide bonds. The van der Waals surface area contributed by atoms with Gasteiger partial charge in [-0.3, -0.25) is 9.59 Å². The van der Waals surface area contributed by atoms with Crippen LogP contribution in [0.5, 0.6) is 0 Å². The molecule has 1 aliphatic heterocycles. The van der Waals surface area contributed by atoms with E-state index < -0.39 is 0 Å². The molecular weight excluding hydrogens is 388 g/mol. The molecule has 0 radical (unpaired) electrons. The fourth-order valence-corrected chi connectivity index (χ4v) is 4.82. The Morgan fingerprint density at radius 3 is 2.48 bits per heavy atom. The highest BCUT2D eigenvalue weighted by atomic mass is 16.2. The number of nitrogens with zero attached hydrogens (tertiary/aromatic N) is 3. The van der Waals surface area contributed by atoms with Crippen LogP contribution in [0.3, 0.4) is 0 Å². The van der Waals surface area contributed by atoms with Crippen LogP contribution in [0.2, 0.25) is 0 Å². The number of aromatic nitrogens is 2. The zero-order valence-corrected chi connectivity index (χ0v) is 18.3. The van der Waals surface area contributed by atoms with Crippen molar-refractivity contribution >= 4 is 11.6 Å². The molecule has 166 valence electrons. The molecule has 1 N–H and O–H groups in total. The molecule has 6 nitrogen and oxygen atoms in total. The third-order valence-corrected chi connectivity index (χ3v) is 6.64. The number of carbonyl (C=O) groups is 1. The van der Waals surface area contributed by atoms with Crippen LogP contribution in [0.1, 0.15) is 63.4 Å². The molecule has 2 fully saturated rings. The molecule has 2 aromatic rings. The number of benzene rings is 1. The molecule has 0 unspecified atom stereocenters. The summed E-state index contributed by atoms with van der Waals surface area (Å²) in [5.74, 6) is 0.159. The molecule has 2 heterocycles. The Morgan fingerprint density at radius 1 is 1.00 bits per heavy atom. The predicted molar refractivity (Wildman–Crippen MR) is 123 cm³/mol. The van der Waals surface area contributed by atoms with E-state index in [4.69, 9.17) is 0 Å². The van der Waals surface area contributed by atoms with E-state index in [1.54, 1.807) is 12.3 Å². The molecule has 1 atom stereocenters. The van der Waals surface area contributed by atoms with Gasteiger partial charge in [0.1, 0.15) is 0 Å². The lowest BCUT2D eigenvalue weighted by molar-refractivity contribution is -0.126. The van der Waals surface area contributed by atoms with Crippen molar-refractivity contribution in [2.45, 2.75) is 70.4 Å². The van der Waals surface area contributed by atoms with E-state index in [2.05, 4.69) is 15.3 Å². The molecule has 1 saturated carbocycles. The van der Waals surface area contributed by atoms with Gasteiger partial charge in [0.2, 0.25) is 5.91 Å². The molecule has 0 spiro atoms. The van der Waals surface area contributed by atoms with Gasteiger partial charge in [-0.05, 0) is 31.2 Å². The van der Waals surface area contributed by atoms with Gasteiger partial charge in [0.05, 0.1) is 24.3 Å². The second kappa shape index (κ2) is 10.6. The van der Waals surface area contributed by atoms with Gasteiger partial charge in [0, 0.05) is 25.2 Å². The fourth-order valence-electron chi connectivity index (χ4n) is 4.82. The summed E-state index contributed by atoms with van der Waals surface area (Å²) in [6.07, 6.45) is 12.2. The van der Waals surface area contributed by atoms with Crippen molar-refractivity contribution in [1.29, 1.82) is 0 Å². The molecule has 1 saturated heterocycles. The Hall–Kier alpha value is -2.63. The first-order chi connectivity index (χ1) is 15.2. The quantitative estimate of drug-likeness (QED) is 0.797. The normalized spacial score (nSPS) is 20.6. The van der Waals surface area contributed by atoms with Gasteiger partial charge in [-0.15, -0.1) is 0 Å². The fraction of sp³-hybridized carbons (Fsp3) is 0.560. The van der Waals surface area contributed by atoms with Crippen molar-refractivity contribution in [1.82, 2.24) is 15.1 Å². The Kier molecular flexibility index (Phi) is 7.39. The standard InChI is InChI=1S/C25H34N4O2/c30-24-16-23(17-26-29(24)18-20-10-5-4-6-11-20)28-15-9-12-21(19-28)25(31)27-22-13-7-2-1-3-8-14-22/h4-6,10-11,16-17,21-22H,1-3,7-9,12-15,18-19H2,(H,27,31)/t21-/m0/s1. The summed E-state index contributed by atoms with van der Waals surface area (Å²) in [5, 5.41) is 7.72. The minimum Gasteiger partial charge on any atom is -0.369 e. The molecular formula is C25H34N4O2. The molecule has 2 aliphatic rings. The average Bonchev–Trinajstić information content (AvgIpc) is 2.77. The number of rotatable bonds is 5. The molecule has 1 aromatic carbocycles. The van der Waals surface area contributed by atoms with E-state index in [-0.39, 0.29) is 17.4 Å². The molecule has 0 bridgehead atoms. The van der Waals surface area contributed by atoms with Crippen molar-refractivity contribution in [3.8, 4) is 0 Å². The van der Waals surface area contributed by atoms with Crippen LogP contribution in [0.15, 0.2) is 47.4 Å². The van der Waals surface area contributed by atoms with Crippen LogP contribution in [-0.4, -0.2) is 34.8 Å². The highest BCUT2D eigenvalue weighted by molar-refractivity contribution is 5.80. The van der Waals surface area contributed by atoms with E-state index in [1.807, 2.05) is 30.3 Å². The van der Waals surface area contributed by atoms with E-state index in [0.717, 1.165) is 43.5 Å². The van der Waals surface area contributed by atoms with Gasteiger partial charge in [0.15, 0.2) is 0 Å².